The van der Waals surface area contributed by atoms with E-state index in [0.717, 1.165) is 4.90 Å². The van der Waals surface area contributed by atoms with Crippen molar-refractivity contribution in [3.05, 3.63) is 29.6 Å². The topological polar surface area (TPSA) is 61.8 Å². The number of aliphatic hydroxyl groups excluding tert-OH is 1. The Morgan fingerprint density at radius 1 is 1.52 bits per heavy atom. The SMILES string of the molecule is COc1ccc(CCNC(=O)N2CC(F)(F)CC2CO)cc1F. The van der Waals surface area contributed by atoms with Crippen LogP contribution in [0.5, 0.6) is 5.75 Å². The Bertz CT molecular complexity index is 569. The summed E-state index contributed by atoms with van der Waals surface area (Å²) in [7, 11) is 1.36. The van der Waals surface area contributed by atoms with Gasteiger partial charge in [0, 0.05) is 13.0 Å². The number of ether oxygens (including phenoxy) is 1. The summed E-state index contributed by atoms with van der Waals surface area (Å²) in [5.41, 5.74) is 0.647. The van der Waals surface area contributed by atoms with Crippen molar-refractivity contribution < 1.29 is 27.8 Å². The highest BCUT2D eigenvalue weighted by molar-refractivity contribution is 5.75. The van der Waals surface area contributed by atoms with Crippen LogP contribution >= 0.6 is 0 Å². The van der Waals surface area contributed by atoms with Gasteiger partial charge in [-0.1, -0.05) is 6.07 Å². The first-order chi connectivity index (χ1) is 10.9. The molecule has 128 valence electrons. The van der Waals surface area contributed by atoms with Gasteiger partial charge in [0.05, 0.1) is 26.3 Å². The maximum absolute atomic E-state index is 13.5. The molecule has 1 heterocycles. The summed E-state index contributed by atoms with van der Waals surface area (Å²) >= 11 is 0. The van der Waals surface area contributed by atoms with Gasteiger partial charge in [-0.25, -0.2) is 18.0 Å². The molecule has 1 aromatic rings. The van der Waals surface area contributed by atoms with Crippen molar-refractivity contribution in [1.29, 1.82) is 0 Å². The van der Waals surface area contributed by atoms with E-state index in [1.54, 1.807) is 6.07 Å². The zero-order valence-electron chi connectivity index (χ0n) is 12.7. The summed E-state index contributed by atoms with van der Waals surface area (Å²) in [5.74, 6) is -3.36. The van der Waals surface area contributed by atoms with Gasteiger partial charge in [0.25, 0.3) is 5.92 Å². The number of urea groups is 1. The standard InChI is InChI=1S/C15H19F3N2O3/c1-23-13-3-2-10(6-12(13)16)4-5-19-14(22)20-9-15(17,18)7-11(20)8-21/h2-3,6,11,21H,4-5,7-9H2,1H3,(H,19,22). The van der Waals surface area contributed by atoms with Crippen LogP contribution in [0.4, 0.5) is 18.0 Å². The molecule has 1 saturated heterocycles. The number of halogens is 3. The summed E-state index contributed by atoms with van der Waals surface area (Å²) < 4.78 is 45.0. The molecule has 8 heteroatoms. The van der Waals surface area contributed by atoms with E-state index in [2.05, 4.69) is 5.32 Å². The van der Waals surface area contributed by atoms with Crippen molar-refractivity contribution in [3.8, 4) is 5.75 Å². The van der Waals surface area contributed by atoms with Crippen molar-refractivity contribution >= 4 is 6.03 Å². The molecule has 1 aliphatic rings. The van der Waals surface area contributed by atoms with Crippen molar-refractivity contribution in [2.45, 2.75) is 24.8 Å². The average molecular weight is 332 g/mol. The van der Waals surface area contributed by atoms with Gasteiger partial charge in [0.15, 0.2) is 11.6 Å². The van der Waals surface area contributed by atoms with Gasteiger partial charge in [-0.15, -0.1) is 0 Å². The molecule has 1 aliphatic heterocycles. The first-order valence-corrected chi connectivity index (χ1v) is 7.22. The number of nitrogens with zero attached hydrogens (tertiary/aromatic N) is 1. The number of nitrogens with one attached hydrogen (secondary N) is 1. The average Bonchev–Trinajstić information content (AvgIpc) is 2.82. The lowest BCUT2D eigenvalue weighted by atomic mass is 10.1. The number of alkyl halides is 2. The number of amides is 2. The second-order valence-corrected chi connectivity index (χ2v) is 5.48. The van der Waals surface area contributed by atoms with E-state index in [-0.39, 0.29) is 12.3 Å². The zero-order chi connectivity index (χ0) is 17.0. The predicted molar refractivity (Wildman–Crippen MR) is 77.2 cm³/mol. The van der Waals surface area contributed by atoms with Crippen LogP contribution < -0.4 is 10.1 Å². The fraction of sp³-hybridized carbons (Fsp3) is 0.533. The van der Waals surface area contributed by atoms with E-state index in [0.29, 0.717) is 12.0 Å². The van der Waals surface area contributed by atoms with Crippen LogP contribution in [0.2, 0.25) is 0 Å². The molecule has 0 bridgehead atoms. The molecular formula is C15H19F3N2O3. The fourth-order valence-electron chi connectivity index (χ4n) is 2.58. The van der Waals surface area contributed by atoms with Gasteiger partial charge < -0.3 is 20.1 Å². The van der Waals surface area contributed by atoms with Crippen LogP contribution in [0, 0.1) is 5.82 Å². The molecule has 5 nitrogen and oxygen atoms in total. The normalized spacial score (nSPS) is 19.7. The van der Waals surface area contributed by atoms with E-state index >= 15 is 0 Å². The Morgan fingerprint density at radius 3 is 2.87 bits per heavy atom. The summed E-state index contributed by atoms with van der Waals surface area (Å²) in [6.07, 6.45) is -0.193. The second kappa shape index (κ2) is 7.08. The molecule has 23 heavy (non-hydrogen) atoms. The van der Waals surface area contributed by atoms with Gasteiger partial charge >= 0.3 is 6.03 Å². The van der Waals surface area contributed by atoms with Gasteiger partial charge in [-0.05, 0) is 24.1 Å². The number of carbonyl (C=O) groups excluding carboxylic acids is 1. The molecule has 1 unspecified atom stereocenters. The monoisotopic (exact) mass is 332 g/mol. The van der Waals surface area contributed by atoms with Crippen molar-refractivity contribution in [1.82, 2.24) is 10.2 Å². The Balaban J connectivity index is 1.86. The van der Waals surface area contributed by atoms with Crippen LogP contribution in [-0.2, 0) is 6.42 Å². The van der Waals surface area contributed by atoms with Crippen LogP contribution in [-0.4, -0.2) is 54.8 Å². The number of hydrogen-bond acceptors (Lipinski definition) is 3. The third-order valence-electron chi connectivity index (χ3n) is 3.75. The summed E-state index contributed by atoms with van der Waals surface area (Å²) in [4.78, 5) is 12.9. The molecular weight excluding hydrogens is 313 g/mol. The van der Waals surface area contributed by atoms with Crippen molar-refractivity contribution in [3.63, 3.8) is 0 Å². The minimum Gasteiger partial charge on any atom is -0.494 e. The number of carbonyl (C=O) groups is 1. The summed E-state index contributed by atoms with van der Waals surface area (Å²) in [6.45, 7) is -1.04. The number of benzene rings is 1. The van der Waals surface area contributed by atoms with E-state index in [1.807, 2.05) is 0 Å². The number of aliphatic hydroxyl groups is 1. The molecule has 0 saturated carbocycles. The molecule has 2 amide bonds. The van der Waals surface area contributed by atoms with E-state index in [1.165, 1.54) is 19.2 Å². The van der Waals surface area contributed by atoms with Crippen LogP contribution in [0.25, 0.3) is 0 Å². The lowest BCUT2D eigenvalue weighted by Gasteiger charge is -2.22. The van der Waals surface area contributed by atoms with E-state index in [4.69, 9.17) is 9.84 Å². The second-order valence-electron chi connectivity index (χ2n) is 5.48. The lowest BCUT2D eigenvalue weighted by molar-refractivity contribution is 0.0141. The molecule has 2 N–H and O–H groups in total. The largest absolute Gasteiger partial charge is 0.494 e. The molecule has 0 spiro atoms. The smallest absolute Gasteiger partial charge is 0.317 e. The highest BCUT2D eigenvalue weighted by Gasteiger charge is 2.46. The molecule has 0 aliphatic carbocycles. The fourth-order valence-corrected chi connectivity index (χ4v) is 2.58. The molecule has 1 atom stereocenters. The number of likely N-dealkylation sites (tertiary alicyclic amines) is 1. The first kappa shape index (κ1) is 17.4. The van der Waals surface area contributed by atoms with Crippen LogP contribution in [0.1, 0.15) is 12.0 Å². The van der Waals surface area contributed by atoms with Gasteiger partial charge in [-0.2, -0.15) is 0 Å². The van der Waals surface area contributed by atoms with Gasteiger partial charge in [0.1, 0.15) is 0 Å². The maximum Gasteiger partial charge on any atom is 0.317 e. The Hall–Kier alpha value is -1.96. The third kappa shape index (κ3) is 4.28. The molecule has 2 rings (SSSR count). The quantitative estimate of drug-likeness (QED) is 0.864. The molecule has 1 aromatic carbocycles. The molecule has 0 radical (unpaired) electrons. The lowest BCUT2D eigenvalue weighted by Crippen LogP contribution is -2.45. The Morgan fingerprint density at radius 2 is 2.26 bits per heavy atom. The number of rotatable bonds is 5. The van der Waals surface area contributed by atoms with Gasteiger partial charge in [-0.3, -0.25) is 0 Å². The number of methoxy groups -OCH3 is 1. The Kier molecular flexibility index (Phi) is 5.35. The predicted octanol–water partition coefficient (Wildman–Crippen LogP) is 1.79. The van der Waals surface area contributed by atoms with Crippen molar-refractivity contribution in [2.75, 3.05) is 26.8 Å². The maximum atomic E-state index is 13.5. The van der Waals surface area contributed by atoms with E-state index < -0.39 is 43.4 Å². The zero-order valence-corrected chi connectivity index (χ0v) is 12.7. The minimum absolute atomic E-state index is 0.128. The molecule has 0 aromatic heterocycles. The molecule has 1 fully saturated rings. The summed E-state index contributed by atoms with van der Waals surface area (Å²) in [6, 6.07) is 2.90. The van der Waals surface area contributed by atoms with Crippen molar-refractivity contribution in [2.24, 2.45) is 0 Å². The van der Waals surface area contributed by atoms with E-state index in [9.17, 15) is 18.0 Å². The van der Waals surface area contributed by atoms with Gasteiger partial charge in [0.2, 0.25) is 0 Å². The first-order valence-electron chi connectivity index (χ1n) is 7.22. The summed E-state index contributed by atoms with van der Waals surface area (Å²) in [5, 5.41) is 11.6. The number of hydrogen-bond donors (Lipinski definition) is 2. The third-order valence-corrected chi connectivity index (χ3v) is 3.75. The van der Waals surface area contributed by atoms with Crippen LogP contribution in [0.3, 0.4) is 0 Å². The highest BCUT2D eigenvalue weighted by atomic mass is 19.3. The Labute approximate surface area is 132 Å². The van der Waals surface area contributed by atoms with Crippen LogP contribution in [0.15, 0.2) is 18.2 Å². The highest BCUT2D eigenvalue weighted by Crippen LogP contribution is 2.31. The minimum atomic E-state index is -2.98.